The van der Waals surface area contributed by atoms with Gasteiger partial charge in [-0.1, -0.05) is 31.9 Å². The average molecular weight is 293 g/mol. The summed E-state index contributed by atoms with van der Waals surface area (Å²) in [7, 11) is 0. The predicted molar refractivity (Wildman–Crippen MR) is 91.5 cm³/mol. The molecule has 0 atom stereocenters. The first-order chi connectivity index (χ1) is 10.3. The van der Waals surface area contributed by atoms with E-state index < -0.39 is 0 Å². The third kappa shape index (κ3) is 5.77. The fourth-order valence-corrected chi connectivity index (χ4v) is 4.41. The highest BCUT2D eigenvalue weighted by molar-refractivity contribution is 4.90. The molecule has 0 spiro atoms. The Kier molecular flexibility index (Phi) is 7.85. The first kappa shape index (κ1) is 17.1. The molecule has 2 aliphatic rings. The predicted octanol–water partition coefficient (Wildman–Crippen LogP) is 6.13. The molecule has 0 aromatic rings. The van der Waals surface area contributed by atoms with E-state index in [2.05, 4.69) is 26.0 Å². The molecule has 0 bridgehead atoms. The summed E-state index contributed by atoms with van der Waals surface area (Å²) in [6.45, 7) is 5.42. The second kappa shape index (κ2) is 9.66. The Balaban J connectivity index is 1.61. The number of hydrogen-bond acceptors (Lipinski definition) is 1. The third-order valence-corrected chi connectivity index (χ3v) is 5.77. The quantitative estimate of drug-likeness (QED) is 0.405. The zero-order valence-corrected chi connectivity index (χ0v) is 14.4. The fraction of sp³-hybridized carbons (Fsp3) is 0.900. The Morgan fingerprint density at radius 3 is 2.05 bits per heavy atom. The van der Waals surface area contributed by atoms with Crippen molar-refractivity contribution in [2.45, 2.75) is 90.6 Å². The lowest BCUT2D eigenvalue weighted by atomic mass is 9.70. The molecule has 0 saturated heterocycles. The molecule has 21 heavy (non-hydrogen) atoms. The molecule has 1 heteroatoms. The van der Waals surface area contributed by atoms with Crippen molar-refractivity contribution in [3.8, 4) is 0 Å². The summed E-state index contributed by atoms with van der Waals surface area (Å²) < 4.78 is 6.06. The van der Waals surface area contributed by atoms with Crippen molar-refractivity contribution in [1.29, 1.82) is 0 Å². The van der Waals surface area contributed by atoms with Crippen LogP contribution in [0.4, 0.5) is 0 Å². The molecule has 2 rings (SSSR count). The minimum atomic E-state index is 0.581. The SMILES string of the molecule is C/C=C/[C@H]1CC[C@H](C2CCC(OCCCCC)CC2)CC1. The summed E-state index contributed by atoms with van der Waals surface area (Å²) >= 11 is 0. The van der Waals surface area contributed by atoms with Crippen molar-refractivity contribution in [1.82, 2.24) is 0 Å². The smallest absolute Gasteiger partial charge is 0.0575 e. The zero-order chi connectivity index (χ0) is 14.9. The fourth-order valence-electron chi connectivity index (χ4n) is 4.41. The van der Waals surface area contributed by atoms with E-state index in [1.807, 2.05) is 0 Å². The van der Waals surface area contributed by atoms with Gasteiger partial charge in [0.1, 0.15) is 0 Å². The average Bonchev–Trinajstić information content (AvgIpc) is 2.53. The minimum absolute atomic E-state index is 0.581. The van der Waals surface area contributed by atoms with Gasteiger partial charge >= 0.3 is 0 Å². The second-order valence-corrected chi connectivity index (χ2v) is 7.32. The monoisotopic (exact) mass is 292 g/mol. The van der Waals surface area contributed by atoms with Crippen LogP contribution in [0, 0.1) is 17.8 Å². The van der Waals surface area contributed by atoms with Crippen LogP contribution in [-0.2, 0) is 4.74 Å². The van der Waals surface area contributed by atoms with Crippen LogP contribution in [-0.4, -0.2) is 12.7 Å². The van der Waals surface area contributed by atoms with Crippen LogP contribution in [0.15, 0.2) is 12.2 Å². The van der Waals surface area contributed by atoms with Crippen LogP contribution >= 0.6 is 0 Å². The van der Waals surface area contributed by atoms with Gasteiger partial charge in [0, 0.05) is 6.61 Å². The molecule has 0 aromatic carbocycles. The summed E-state index contributed by atoms with van der Waals surface area (Å²) in [5, 5.41) is 0. The van der Waals surface area contributed by atoms with E-state index in [4.69, 9.17) is 4.74 Å². The molecular weight excluding hydrogens is 256 g/mol. The summed E-state index contributed by atoms with van der Waals surface area (Å²) in [6, 6.07) is 0. The van der Waals surface area contributed by atoms with Crippen molar-refractivity contribution in [2.75, 3.05) is 6.61 Å². The number of unbranched alkanes of at least 4 members (excludes halogenated alkanes) is 2. The lowest BCUT2D eigenvalue weighted by Gasteiger charge is -2.37. The highest BCUT2D eigenvalue weighted by atomic mass is 16.5. The topological polar surface area (TPSA) is 9.23 Å². The van der Waals surface area contributed by atoms with E-state index in [-0.39, 0.29) is 0 Å². The first-order valence-electron chi connectivity index (χ1n) is 9.57. The molecule has 122 valence electrons. The van der Waals surface area contributed by atoms with Crippen molar-refractivity contribution < 1.29 is 4.74 Å². The van der Waals surface area contributed by atoms with Gasteiger partial charge in [0.15, 0.2) is 0 Å². The van der Waals surface area contributed by atoms with E-state index in [1.165, 1.54) is 70.6 Å². The lowest BCUT2D eigenvalue weighted by molar-refractivity contribution is 0.00606. The van der Waals surface area contributed by atoms with Crippen molar-refractivity contribution in [2.24, 2.45) is 17.8 Å². The van der Waals surface area contributed by atoms with Crippen LogP contribution in [0.25, 0.3) is 0 Å². The highest BCUT2D eigenvalue weighted by Gasteiger charge is 2.30. The summed E-state index contributed by atoms with van der Waals surface area (Å²) in [5.41, 5.74) is 0. The summed E-state index contributed by atoms with van der Waals surface area (Å²) in [4.78, 5) is 0. The molecule has 2 saturated carbocycles. The number of hydrogen-bond donors (Lipinski definition) is 0. The Morgan fingerprint density at radius 2 is 1.48 bits per heavy atom. The molecule has 0 radical (unpaired) electrons. The molecule has 0 N–H and O–H groups in total. The molecule has 2 aliphatic carbocycles. The van der Waals surface area contributed by atoms with Gasteiger partial charge < -0.3 is 4.74 Å². The standard InChI is InChI=1S/C20H36O/c1-3-5-6-16-21-20-14-12-19(13-15-20)18-10-8-17(7-4-2)9-11-18/h4,7,17-20H,3,5-6,8-16H2,1-2H3/b7-4+/t17-,18-,19?,20?. The van der Waals surface area contributed by atoms with Crippen molar-refractivity contribution in [3.63, 3.8) is 0 Å². The van der Waals surface area contributed by atoms with Gasteiger partial charge in [-0.05, 0) is 82.5 Å². The molecule has 0 amide bonds. The van der Waals surface area contributed by atoms with Gasteiger partial charge in [-0.15, -0.1) is 0 Å². The maximum Gasteiger partial charge on any atom is 0.0575 e. The van der Waals surface area contributed by atoms with Crippen molar-refractivity contribution in [3.05, 3.63) is 12.2 Å². The third-order valence-electron chi connectivity index (χ3n) is 5.77. The van der Waals surface area contributed by atoms with E-state index in [0.717, 1.165) is 24.4 Å². The first-order valence-corrected chi connectivity index (χ1v) is 9.57. The van der Waals surface area contributed by atoms with Gasteiger partial charge in [0.25, 0.3) is 0 Å². The molecule has 1 nitrogen and oxygen atoms in total. The summed E-state index contributed by atoms with van der Waals surface area (Å²) in [6.07, 6.45) is 20.4. The maximum atomic E-state index is 6.06. The molecule has 0 unspecified atom stereocenters. The van der Waals surface area contributed by atoms with Crippen molar-refractivity contribution >= 4 is 0 Å². The van der Waals surface area contributed by atoms with Gasteiger partial charge in [0.05, 0.1) is 6.10 Å². The van der Waals surface area contributed by atoms with Crippen LogP contribution in [0.3, 0.4) is 0 Å². The Hall–Kier alpha value is -0.300. The molecule has 0 aliphatic heterocycles. The largest absolute Gasteiger partial charge is 0.378 e. The lowest BCUT2D eigenvalue weighted by Crippen LogP contribution is -2.28. The maximum absolute atomic E-state index is 6.06. The summed E-state index contributed by atoms with van der Waals surface area (Å²) in [5.74, 6) is 2.91. The second-order valence-electron chi connectivity index (χ2n) is 7.32. The Morgan fingerprint density at radius 1 is 0.857 bits per heavy atom. The van der Waals surface area contributed by atoms with Gasteiger partial charge in [-0.3, -0.25) is 0 Å². The number of ether oxygens (including phenoxy) is 1. The Labute approximate surface area is 132 Å². The van der Waals surface area contributed by atoms with Crippen LogP contribution in [0.2, 0.25) is 0 Å². The van der Waals surface area contributed by atoms with E-state index >= 15 is 0 Å². The van der Waals surface area contributed by atoms with Crippen LogP contribution < -0.4 is 0 Å². The molecule has 0 aromatic heterocycles. The van der Waals surface area contributed by atoms with Crippen LogP contribution in [0.1, 0.15) is 84.5 Å². The van der Waals surface area contributed by atoms with Gasteiger partial charge in [0.2, 0.25) is 0 Å². The normalized spacial score (nSPS) is 34.4. The van der Waals surface area contributed by atoms with E-state index in [0.29, 0.717) is 6.10 Å². The Bertz CT molecular complexity index is 280. The van der Waals surface area contributed by atoms with Crippen LogP contribution in [0.5, 0.6) is 0 Å². The number of rotatable bonds is 7. The van der Waals surface area contributed by atoms with E-state index in [9.17, 15) is 0 Å². The number of allylic oxidation sites excluding steroid dienone is 2. The van der Waals surface area contributed by atoms with Gasteiger partial charge in [-0.25, -0.2) is 0 Å². The molecular formula is C20H36O. The van der Waals surface area contributed by atoms with E-state index in [1.54, 1.807) is 0 Å². The minimum Gasteiger partial charge on any atom is -0.378 e. The zero-order valence-electron chi connectivity index (χ0n) is 14.4. The molecule has 0 heterocycles. The highest BCUT2D eigenvalue weighted by Crippen LogP contribution is 2.40. The van der Waals surface area contributed by atoms with Gasteiger partial charge in [-0.2, -0.15) is 0 Å². The molecule has 2 fully saturated rings.